The number of hydrogen-bond donors (Lipinski definition) is 2. The number of unbranched alkanes of at least 4 members (excludes halogenated alkanes) is 13. The van der Waals surface area contributed by atoms with Crippen LogP contribution < -0.4 is 11.2 Å². The number of nitrogens with zero attached hydrogens (tertiary/aromatic N) is 1. The van der Waals surface area contributed by atoms with Crippen molar-refractivity contribution < 1.29 is 18.9 Å². The summed E-state index contributed by atoms with van der Waals surface area (Å²) in [5.74, 6) is 0.859. The van der Waals surface area contributed by atoms with Crippen LogP contribution in [0.3, 0.4) is 0 Å². The van der Waals surface area contributed by atoms with E-state index in [2.05, 4.69) is 18.8 Å². The second-order valence-corrected chi connectivity index (χ2v) is 12.0. The summed E-state index contributed by atoms with van der Waals surface area (Å²) in [7, 11) is -1.70. The number of nitrogens with one attached hydrogen (secondary N) is 1. The lowest BCUT2D eigenvalue weighted by Crippen LogP contribution is -2.32. The maximum absolute atomic E-state index is 11.7. The Balaban J connectivity index is 1.80. The second-order valence-electron chi connectivity index (χ2n) is 10.8. The van der Waals surface area contributed by atoms with E-state index in [1.54, 1.807) is 6.92 Å². The molecule has 0 bridgehead atoms. The minimum Gasteiger partial charge on any atom is -0.379 e. The van der Waals surface area contributed by atoms with Crippen molar-refractivity contribution in [1.29, 1.82) is 0 Å². The average molecular weight is 559 g/mol. The molecule has 0 saturated carbocycles. The molecule has 0 radical (unpaired) electrons. The minimum atomic E-state index is -1.70. The van der Waals surface area contributed by atoms with Gasteiger partial charge in [0.05, 0.1) is 25.9 Å². The van der Waals surface area contributed by atoms with Crippen LogP contribution in [0.4, 0.5) is 0 Å². The highest BCUT2D eigenvalue weighted by atomic mass is 31.2. The molecule has 1 aromatic heterocycles. The van der Waals surface area contributed by atoms with E-state index in [1.807, 2.05) is 0 Å². The largest absolute Gasteiger partial charge is 0.379 e. The van der Waals surface area contributed by atoms with Gasteiger partial charge in [0.25, 0.3) is 5.56 Å². The van der Waals surface area contributed by atoms with E-state index in [4.69, 9.17) is 14.0 Å². The fourth-order valence-electron chi connectivity index (χ4n) is 4.33. The van der Waals surface area contributed by atoms with Crippen LogP contribution in [0.2, 0.25) is 0 Å². The van der Waals surface area contributed by atoms with Crippen molar-refractivity contribution in [1.82, 2.24) is 9.55 Å². The lowest BCUT2D eigenvalue weighted by Gasteiger charge is -2.17. The van der Waals surface area contributed by atoms with Gasteiger partial charge in [-0.15, -0.1) is 0 Å². The van der Waals surface area contributed by atoms with E-state index in [-0.39, 0.29) is 19.0 Å². The van der Waals surface area contributed by atoms with Gasteiger partial charge in [-0.3, -0.25) is 14.3 Å². The van der Waals surface area contributed by atoms with E-state index in [1.165, 1.54) is 107 Å². The zero-order chi connectivity index (χ0) is 27.8. The first-order valence-corrected chi connectivity index (χ1v) is 16.4. The summed E-state index contributed by atoms with van der Waals surface area (Å²) in [6, 6.07) is 1.29. The third-order valence-corrected chi connectivity index (χ3v) is 7.46. The van der Waals surface area contributed by atoms with E-state index in [0.717, 1.165) is 18.9 Å². The molecule has 0 spiro atoms. The molecule has 38 heavy (non-hydrogen) atoms. The maximum Gasteiger partial charge on any atom is 0.328 e. The van der Waals surface area contributed by atoms with Gasteiger partial charge in [-0.1, -0.05) is 104 Å². The van der Waals surface area contributed by atoms with Gasteiger partial charge in [0.1, 0.15) is 6.35 Å². The van der Waals surface area contributed by atoms with Crippen molar-refractivity contribution in [2.24, 2.45) is 5.92 Å². The Morgan fingerprint density at radius 2 is 1.37 bits per heavy atom. The van der Waals surface area contributed by atoms with Crippen molar-refractivity contribution in [3.8, 4) is 0 Å². The summed E-state index contributed by atoms with van der Waals surface area (Å²) < 4.78 is 17.9. The van der Waals surface area contributed by atoms with Crippen LogP contribution in [0.1, 0.15) is 117 Å². The fraction of sp³-hybridized carbons (Fsp3) is 0.862. The molecule has 1 aromatic rings. The molecule has 1 rings (SSSR count). The molecule has 2 atom stereocenters. The summed E-state index contributed by atoms with van der Waals surface area (Å²) >= 11 is 0. The topological polar surface area (TPSA) is 103 Å². The minimum absolute atomic E-state index is 0.0627. The standard InChI is InChI=1S/C29H55N2O6P/c1-26(2)18-16-14-12-10-8-6-4-5-7-9-11-13-15-17-21-35-22-23-37-38(34)25-36-27(3)24-31-20-19-28(32)30-29(31)33/h19-20,26-27,34H,4-18,21-25H2,1-3H3,(H,30,32,33). The van der Waals surface area contributed by atoms with Crippen molar-refractivity contribution in [3.05, 3.63) is 33.1 Å². The molecule has 8 nitrogen and oxygen atoms in total. The molecule has 0 aliphatic carbocycles. The van der Waals surface area contributed by atoms with Gasteiger partial charge < -0.3 is 18.9 Å². The van der Waals surface area contributed by atoms with Crippen LogP contribution in [0.25, 0.3) is 0 Å². The number of aromatic amines is 1. The molecular weight excluding hydrogens is 503 g/mol. The number of H-pyrrole nitrogens is 1. The first-order chi connectivity index (χ1) is 18.4. The highest BCUT2D eigenvalue weighted by Crippen LogP contribution is 2.31. The number of hydrogen-bond acceptors (Lipinski definition) is 6. The van der Waals surface area contributed by atoms with Crippen LogP contribution in [-0.4, -0.2) is 46.7 Å². The van der Waals surface area contributed by atoms with Crippen molar-refractivity contribution in [2.45, 2.75) is 130 Å². The first-order valence-electron chi connectivity index (χ1n) is 15.0. The zero-order valence-corrected chi connectivity index (χ0v) is 25.2. The lowest BCUT2D eigenvalue weighted by atomic mass is 10.0. The Hall–Kier alpha value is -1.05. The molecule has 2 unspecified atom stereocenters. The molecule has 0 saturated heterocycles. The van der Waals surface area contributed by atoms with E-state index in [9.17, 15) is 14.5 Å². The Bertz CT molecular complexity index is 785. The van der Waals surface area contributed by atoms with Gasteiger partial charge in [0, 0.05) is 18.9 Å². The molecule has 1 heterocycles. The molecule has 9 heteroatoms. The Kier molecular flexibility index (Phi) is 21.9. The maximum atomic E-state index is 11.7. The Morgan fingerprint density at radius 1 is 0.816 bits per heavy atom. The summed E-state index contributed by atoms with van der Waals surface area (Å²) in [6.45, 7) is 8.22. The summed E-state index contributed by atoms with van der Waals surface area (Å²) in [5.41, 5.74) is -0.911. The van der Waals surface area contributed by atoms with Crippen LogP contribution in [0.15, 0.2) is 21.9 Å². The van der Waals surface area contributed by atoms with Gasteiger partial charge >= 0.3 is 5.69 Å². The first kappa shape index (κ1) is 35.0. The van der Waals surface area contributed by atoms with Crippen LogP contribution >= 0.6 is 8.38 Å². The molecule has 222 valence electrons. The molecule has 0 aliphatic rings. The lowest BCUT2D eigenvalue weighted by molar-refractivity contribution is 0.0689. The van der Waals surface area contributed by atoms with E-state index < -0.39 is 19.6 Å². The highest BCUT2D eigenvalue weighted by Gasteiger charge is 2.11. The van der Waals surface area contributed by atoms with E-state index in [0.29, 0.717) is 13.2 Å². The smallest absolute Gasteiger partial charge is 0.328 e. The van der Waals surface area contributed by atoms with Crippen molar-refractivity contribution >= 4 is 8.38 Å². The van der Waals surface area contributed by atoms with Gasteiger partial charge in [-0.2, -0.15) is 0 Å². The monoisotopic (exact) mass is 558 g/mol. The normalized spacial score (nSPS) is 13.3. The molecular formula is C29H55N2O6P. The quantitative estimate of drug-likeness (QED) is 0.0964. The second kappa shape index (κ2) is 23.8. The highest BCUT2D eigenvalue weighted by molar-refractivity contribution is 7.45. The SMILES string of the molecule is CC(C)CCCCCCCCCCCCCCCCOCCOP(O)COC(C)Cn1ccc(=O)[nH]c1=O. The van der Waals surface area contributed by atoms with Crippen molar-refractivity contribution in [3.63, 3.8) is 0 Å². The summed E-state index contributed by atoms with van der Waals surface area (Å²) in [4.78, 5) is 35.0. The van der Waals surface area contributed by atoms with Gasteiger partial charge in [0.2, 0.25) is 0 Å². The summed E-state index contributed by atoms with van der Waals surface area (Å²) in [5, 5.41) is 0. The van der Waals surface area contributed by atoms with Gasteiger partial charge in [-0.05, 0) is 19.3 Å². The summed E-state index contributed by atoms with van der Waals surface area (Å²) in [6.07, 6.45) is 21.5. The molecule has 2 N–H and O–H groups in total. The average Bonchev–Trinajstić information content (AvgIpc) is 2.87. The van der Waals surface area contributed by atoms with E-state index >= 15 is 0 Å². The third kappa shape index (κ3) is 20.9. The van der Waals surface area contributed by atoms with Crippen LogP contribution in [0, 0.1) is 5.92 Å². The van der Waals surface area contributed by atoms with Crippen LogP contribution in [0.5, 0.6) is 0 Å². The number of ether oxygens (including phenoxy) is 2. The molecule has 0 aliphatic heterocycles. The third-order valence-electron chi connectivity index (χ3n) is 6.61. The zero-order valence-electron chi connectivity index (χ0n) is 24.3. The molecule has 0 amide bonds. The Labute approximate surface area is 231 Å². The van der Waals surface area contributed by atoms with Gasteiger partial charge in [-0.25, -0.2) is 4.79 Å². The number of rotatable bonds is 26. The van der Waals surface area contributed by atoms with Crippen molar-refractivity contribution in [2.75, 3.05) is 26.2 Å². The molecule has 0 aromatic carbocycles. The predicted octanol–water partition coefficient (Wildman–Crippen LogP) is 6.74. The number of aromatic nitrogens is 2. The predicted molar refractivity (Wildman–Crippen MR) is 157 cm³/mol. The Morgan fingerprint density at radius 3 is 1.92 bits per heavy atom. The van der Waals surface area contributed by atoms with Gasteiger partial charge in [0.15, 0.2) is 8.38 Å². The van der Waals surface area contributed by atoms with Crippen LogP contribution in [-0.2, 0) is 20.5 Å². The molecule has 0 fully saturated rings. The fourth-order valence-corrected chi connectivity index (χ4v) is 5.07.